The summed E-state index contributed by atoms with van der Waals surface area (Å²) in [6.07, 6.45) is 13.8. The molecule has 2 rings (SSSR count). The third-order valence-electron chi connectivity index (χ3n) is 5.08. The van der Waals surface area contributed by atoms with Crippen LogP contribution in [0.1, 0.15) is 71.1 Å². The van der Waals surface area contributed by atoms with Crippen molar-refractivity contribution in [2.75, 3.05) is 13.1 Å². The molecule has 1 aliphatic heterocycles. The molecule has 3 unspecified atom stereocenters. The maximum absolute atomic E-state index is 6.41. The Morgan fingerprint density at radius 1 is 0.944 bits per heavy atom. The van der Waals surface area contributed by atoms with Gasteiger partial charge in [-0.3, -0.25) is 4.90 Å². The van der Waals surface area contributed by atoms with Gasteiger partial charge in [0.2, 0.25) is 0 Å². The summed E-state index contributed by atoms with van der Waals surface area (Å²) in [5.41, 5.74) is 6.41. The number of hydrogen-bond donors (Lipinski definition) is 1. The fraction of sp³-hybridized carbons (Fsp3) is 1.00. The van der Waals surface area contributed by atoms with Crippen molar-refractivity contribution < 1.29 is 0 Å². The van der Waals surface area contributed by atoms with Crippen LogP contribution >= 0.6 is 0 Å². The highest BCUT2D eigenvalue weighted by Gasteiger charge is 2.28. The van der Waals surface area contributed by atoms with E-state index in [1.807, 2.05) is 0 Å². The molecule has 106 valence electrons. The molecule has 0 spiro atoms. The molecular formula is C16H32N2. The summed E-state index contributed by atoms with van der Waals surface area (Å²) < 4.78 is 0. The molecule has 1 aliphatic carbocycles. The summed E-state index contributed by atoms with van der Waals surface area (Å²) in [5, 5.41) is 0. The van der Waals surface area contributed by atoms with Crippen LogP contribution in [-0.4, -0.2) is 30.1 Å². The molecule has 0 bridgehead atoms. The predicted octanol–water partition coefficient (Wildman–Crippen LogP) is 3.55. The monoisotopic (exact) mass is 252 g/mol. The van der Waals surface area contributed by atoms with Gasteiger partial charge in [-0.2, -0.15) is 0 Å². The second-order valence-corrected chi connectivity index (χ2v) is 6.49. The maximum atomic E-state index is 6.41. The van der Waals surface area contributed by atoms with E-state index < -0.39 is 0 Å². The van der Waals surface area contributed by atoms with Crippen LogP contribution in [0.5, 0.6) is 0 Å². The fourth-order valence-electron chi connectivity index (χ4n) is 3.99. The van der Waals surface area contributed by atoms with Crippen molar-refractivity contribution in [1.82, 2.24) is 4.90 Å². The van der Waals surface area contributed by atoms with E-state index in [1.165, 1.54) is 77.3 Å². The van der Waals surface area contributed by atoms with E-state index in [4.69, 9.17) is 5.73 Å². The van der Waals surface area contributed by atoms with E-state index in [9.17, 15) is 0 Å². The second-order valence-electron chi connectivity index (χ2n) is 6.49. The minimum Gasteiger partial charge on any atom is -0.326 e. The van der Waals surface area contributed by atoms with Crippen molar-refractivity contribution in [2.45, 2.75) is 83.2 Å². The average molecular weight is 252 g/mol. The van der Waals surface area contributed by atoms with Crippen molar-refractivity contribution in [3.8, 4) is 0 Å². The van der Waals surface area contributed by atoms with Crippen molar-refractivity contribution in [2.24, 2.45) is 11.7 Å². The Morgan fingerprint density at radius 3 is 2.61 bits per heavy atom. The van der Waals surface area contributed by atoms with Crippen molar-refractivity contribution >= 4 is 0 Å². The normalized spacial score (nSPS) is 36.0. The standard InChI is InChI=1S/C16H32N2/c1-2-7-14-8-6-12-18(13-11-14)16-10-5-3-4-9-15(16)17/h14-16H,2-13,17H2,1H3. The molecule has 1 saturated carbocycles. The van der Waals surface area contributed by atoms with E-state index in [2.05, 4.69) is 11.8 Å². The Morgan fingerprint density at radius 2 is 1.78 bits per heavy atom. The summed E-state index contributed by atoms with van der Waals surface area (Å²) in [4.78, 5) is 2.74. The Balaban J connectivity index is 1.87. The largest absolute Gasteiger partial charge is 0.326 e. The molecule has 2 fully saturated rings. The average Bonchev–Trinajstić information content (AvgIpc) is 2.70. The number of nitrogens with two attached hydrogens (primary N) is 1. The van der Waals surface area contributed by atoms with E-state index in [0.29, 0.717) is 12.1 Å². The van der Waals surface area contributed by atoms with E-state index >= 15 is 0 Å². The number of nitrogens with zero attached hydrogens (tertiary/aromatic N) is 1. The molecule has 2 N–H and O–H groups in total. The Labute approximate surface area is 113 Å². The lowest BCUT2D eigenvalue weighted by Gasteiger charge is -2.34. The van der Waals surface area contributed by atoms with Gasteiger partial charge in [-0.1, -0.05) is 39.0 Å². The van der Waals surface area contributed by atoms with Crippen molar-refractivity contribution in [1.29, 1.82) is 0 Å². The molecule has 18 heavy (non-hydrogen) atoms. The first-order valence-corrected chi connectivity index (χ1v) is 8.31. The Hall–Kier alpha value is -0.0800. The Bertz CT molecular complexity index is 229. The van der Waals surface area contributed by atoms with Gasteiger partial charge in [0, 0.05) is 12.1 Å². The van der Waals surface area contributed by atoms with E-state index in [1.54, 1.807) is 0 Å². The molecule has 0 amide bonds. The SMILES string of the molecule is CCCC1CCCN(C2CCCCCC2N)CC1. The number of likely N-dealkylation sites (tertiary alicyclic amines) is 1. The zero-order chi connectivity index (χ0) is 12.8. The molecule has 2 nitrogen and oxygen atoms in total. The van der Waals surface area contributed by atoms with Gasteiger partial charge in [0.15, 0.2) is 0 Å². The summed E-state index contributed by atoms with van der Waals surface area (Å²) in [5.74, 6) is 0.988. The van der Waals surface area contributed by atoms with Gasteiger partial charge in [0.25, 0.3) is 0 Å². The van der Waals surface area contributed by atoms with Crippen LogP contribution in [0.2, 0.25) is 0 Å². The zero-order valence-corrected chi connectivity index (χ0v) is 12.2. The van der Waals surface area contributed by atoms with Crippen LogP contribution in [0.15, 0.2) is 0 Å². The Kier molecular flexibility index (Phi) is 5.97. The van der Waals surface area contributed by atoms with Gasteiger partial charge in [0.1, 0.15) is 0 Å². The van der Waals surface area contributed by atoms with Gasteiger partial charge in [0.05, 0.1) is 0 Å². The number of rotatable bonds is 3. The van der Waals surface area contributed by atoms with Gasteiger partial charge in [-0.05, 0) is 51.1 Å². The quantitative estimate of drug-likeness (QED) is 0.778. The van der Waals surface area contributed by atoms with Gasteiger partial charge < -0.3 is 5.73 Å². The zero-order valence-electron chi connectivity index (χ0n) is 12.2. The minimum absolute atomic E-state index is 0.440. The van der Waals surface area contributed by atoms with Crippen LogP contribution in [0.25, 0.3) is 0 Å². The molecule has 2 aliphatic rings. The third-order valence-corrected chi connectivity index (χ3v) is 5.08. The summed E-state index contributed by atoms with van der Waals surface area (Å²) in [6, 6.07) is 1.13. The first-order chi connectivity index (χ1) is 8.81. The van der Waals surface area contributed by atoms with Gasteiger partial charge >= 0.3 is 0 Å². The molecule has 0 aromatic heterocycles. The smallest absolute Gasteiger partial charge is 0.0247 e. The van der Waals surface area contributed by atoms with Gasteiger partial charge in [-0.25, -0.2) is 0 Å². The topological polar surface area (TPSA) is 29.3 Å². The summed E-state index contributed by atoms with van der Waals surface area (Å²) in [6.45, 7) is 4.94. The highest BCUT2D eigenvalue weighted by atomic mass is 15.2. The molecule has 1 saturated heterocycles. The van der Waals surface area contributed by atoms with Crippen LogP contribution < -0.4 is 5.73 Å². The van der Waals surface area contributed by atoms with Gasteiger partial charge in [-0.15, -0.1) is 0 Å². The molecule has 1 heterocycles. The van der Waals surface area contributed by atoms with Crippen molar-refractivity contribution in [3.63, 3.8) is 0 Å². The molecule has 0 aromatic carbocycles. The van der Waals surface area contributed by atoms with Crippen LogP contribution in [0.3, 0.4) is 0 Å². The third kappa shape index (κ3) is 3.96. The first kappa shape index (κ1) is 14.3. The maximum Gasteiger partial charge on any atom is 0.0247 e. The second kappa shape index (κ2) is 7.49. The van der Waals surface area contributed by atoms with E-state index in [0.717, 1.165) is 5.92 Å². The fourth-order valence-corrected chi connectivity index (χ4v) is 3.99. The number of hydrogen-bond acceptors (Lipinski definition) is 2. The van der Waals surface area contributed by atoms with Crippen LogP contribution in [-0.2, 0) is 0 Å². The van der Waals surface area contributed by atoms with Crippen molar-refractivity contribution in [3.05, 3.63) is 0 Å². The highest BCUT2D eigenvalue weighted by Crippen LogP contribution is 2.27. The molecule has 2 heteroatoms. The first-order valence-electron chi connectivity index (χ1n) is 8.31. The summed E-state index contributed by atoms with van der Waals surface area (Å²) in [7, 11) is 0. The van der Waals surface area contributed by atoms with Crippen LogP contribution in [0, 0.1) is 5.92 Å². The molecule has 0 radical (unpaired) electrons. The van der Waals surface area contributed by atoms with Crippen LogP contribution in [0.4, 0.5) is 0 Å². The molecular weight excluding hydrogens is 220 g/mol. The lowest BCUT2D eigenvalue weighted by molar-refractivity contribution is 0.166. The molecule has 3 atom stereocenters. The lowest BCUT2D eigenvalue weighted by atomic mass is 9.96. The molecule has 0 aromatic rings. The lowest BCUT2D eigenvalue weighted by Crippen LogP contribution is -2.47. The highest BCUT2D eigenvalue weighted by molar-refractivity contribution is 4.86. The van der Waals surface area contributed by atoms with E-state index in [-0.39, 0.29) is 0 Å². The summed E-state index contributed by atoms with van der Waals surface area (Å²) >= 11 is 0. The predicted molar refractivity (Wildman–Crippen MR) is 78.7 cm³/mol. The minimum atomic E-state index is 0.440.